The van der Waals surface area contributed by atoms with Crippen LogP contribution in [-0.2, 0) is 10.0 Å². The Morgan fingerprint density at radius 2 is 2.23 bits per heavy atom. The maximum atomic E-state index is 10.6. The quantitative estimate of drug-likeness (QED) is 0.786. The van der Waals surface area contributed by atoms with Gasteiger partial charge >= 0.3 is 0 Å². The molecule has 0 spiro atoms. The van der Waals surface area contributed by atoms with Gasteiger partial charge in [0, 0.05) is 17.6 Å². The van der Waals surface area contributed by atoms with E-state index in [0.717, 1.165) is 11.3 Å². The van der Waals surface area contributed by atoms with Crippen molar-refractivity contribution >= 4 is 27.0 Å². The molecule has 0 amide bonds. The number of hydrogen-bond acceptors (Lipinski definition) is 4. The molecule has 0 unspecified atom stereocenters. The molecule has 0 aliphatic rings. The number of primary sulfonamides is 1. The van der Waals surface area contributed by atoms with E-state index in [-0.39, 0.29) is 5.75 Å². The Hall–Kier alpha value is -0.590. The monoisotopic (exact) mass is 220 g/mol. The molecule has 0 aliphatic heterocycles. The first-order valence-corrected chi connectivity index (χ1v) is 6.42. The van der Waals surface area contributed by atoms with Gasteiger partial charge in [-0.3, -0.25) is 0 Å². The summed E-state index contributed by atoms with van der Waals surface area (Å²) in [4.78, 5) is 0. The minimum atomic E-state index is -3.35. The Balaban J connectivity index is 2.41. The van der Waals surface area contributed by atoms with Crippen molar-refractivity contribution in [2.75, 3.05) is 17.6 Å². The van der Waals surface area contributed by atoms with Crippen LogP contribution in [0.4, 0.5) is 5.69 Å². The van der Waals surface area contributed by atoms with Gasteiger partial charge in [-0.25, -0.2) is 13.6 Å². The number of aryl methyl sites for hydroxylation is 1. The third kappa shape index (κ3) is 3.75. The molecule has 0 aromatic carbocycles. The topological polar surface area (TPSA) is 72.2 Å². The van der Waals surface area contributed by atoms with Crippen LogP contribution in [0.2, 0.25) is 0 Å². The van der Waals surface area contributed by atoms with Crippen molar-refractivity contribution in [1.29, 1.82) is 0 Å². The average Bonchev–Trinajstić information content (AvgIpc) is 2.34. The maximum Gasteiger partial charge on any atom is 0.210 e. The zero-order chi connectivity index (χ0) is 9.90. The normalized spacial score (nSPS) is 11.5. The summed E-state index contributed by atoms with van der Waals surface area (Å²) in [7, 11) is -3.35. The molecule has 74 valence electrons. The van der Waals surface area contributed by atoms with E-state index in [1.807, 2.05) is 17.7 Å². The van der Waals surface area contributed by atoms with E-state index in [1.165, 1.54) is 0 Å². The van der Waals surface area contributed by atoms with Crippen molar-refractivity contribution < 1.29 is 8.42 Å². The highest BCUT2D eigenvalue weighted by Crippen LogP contribution is 2.18. The zero-order valence-electron chi connectivity index (χ0n) is 7.28. The van der Waals surface area contributed by atoms with Crippen molar-refractivity contribution in [2.24, 2.45) is 5.14 Å². The molecule has 1 aromatic rings. The molecular formula is C7H12N2O2S2. The molecule has 3 N–H and O–H groups in total. The third-order valence-electron chi connectivity index (χ3n) is 1.56. The third-order valence-corrected chi connectivity index (χ3v) is 3.19. The van der Waals surface area contributed by atoms with Gasteiger partial charge in [-0.1, -0.05) is 0 Å². The van der Waals surface area contributed by atoms with Gasteiger partial charge in [0.25, 0.3) is 0 Å². The predicted octanol–water partition coefficient (Wildman–Crippen LogP) is 0.757. The highest BCUT2D eigenvalue weighted by Gasteiger charge is 2.02. The molecule has 6 heteroatoms. The van der Waals surface area contributed by atoms with E-state index in [0.29, 0.717) is 6.54 Å². The number of rotatable bonds is 4. The van der Waals surface area contributed by atoms with Gasteiger partial charge in [-0.05, 0) is 17.9 Å². The summed E-state index contributed by atoms with van der Waals surface area (Å²) in [6, 6.07) is 0. The second-order valence-electron chi connectivity index (χ2n) is 2.76. The summed E-state index contributed by atoms with van der Waals surface area (Å²) in [5.41, 5.74) is 2.10. The van der Waals surface area contributed by atoms with Crippen molar-refractivity contribution in [3.05, 3.63) is 16.3 Å². The van der Waals surface area contributed by atoms with E-state index in [9.17, 15) is 8.42 Å². The number of anilines is 1. The molecule has 0 saturated heterocycles. The minimum Gasteiger partial charge on any atom is -0.383 e. The lowest BCUT2D eigenvalue weighted by Crippen LogP contribution is -2.22. The first-order chi connectivity index (χ1) is 5.99. The molecule has 0 bridgehead atoms. The minimum absolute atomic E-state index is 0.0394. The standard InChI is InChI=1S/C7H12N2O2S2/c1-6-4-12-5-7(6)9-2-3-13(8,10)11/h4-5,9H,2-3H2,1H3,(H2,8,10,11). The van der Waals surface area contributed by atoms with Crippen LogP contribution in [0.1, 0.15) is 5.56 Å². The first kappa shape index (κ1) is 10.5. The van der Waals surface area contributed by atoms with Crippen LogP contribution in [0.3, 0.4) is 0 Å². The summed E-state index contributed by atoms with van der Waals surface area (Å²) < 4.78 is 21.2. The molecule has 1 aromatic heterocycles. The molecule has 0 saturated carbocycles. The summed E-state index contributed by atoms with van der Waals surface area (Å²) >= 11 is 1.58. The van der Waals surface area contributed by atoms with E-state index >= 15 is 0 Å². The summed E-state index contributed by atoms with van der Waals surface area (Å²) in [5.74, 6) is -0.0394. The van der Waals surface area contributed by atoms with Crippen LogP contribution in [0, 0.1) is 6.92 Å². The second kappa shape index (κ2) is 4.08. The van der Waals surface area contributed by atoms with E-state index in [1.54, 1.807) is 11.3 Å². The molecular weight excluding hydrogens is 208 g/mol. The lowest BCUT2D eigenvalue weighted by Gasteiger charge is -2.03. The Labute approximate surface area is 81.8 Å². The Bertz CT molecular complexity index is 370. The molecule has 4 nitrogen and oxygen atoms in total. The largest absolute Gasteiger partial charge is 0.383 e. The lowest BCUT2D eigenvalue weighted by atomic mass is 10.3. The Kier molecular flexibility index (Phi) is 3.29. The lowest BCUT2D eigenvalue weighted by molar-refractivity contribution is 0.598. The van der Waals surface area contributed by atoms with Gasteiger partial charge in [-0.15, -0.1) is 11.3 Å². The highest BCUT2D eigenvalue weighted by molar-refractivity contribution is 7.89. The summed E-state index contributed by atoms with van der Waals surface area (Å²) in [6.07, 6.45) is 0. The summed E-state index contributed by atoms with van der Waals surface area (Å²) in [5, 5.41) is 11.8. The van der Waals surface area contributed by atoms with Crippen LogP contribution in [0.25, 0.3) is 0 Å². The number of nitrogens with one attached hydrogen (secondary N) is 1. The fourth-order valence-corrected chi connectivity index (χ4v) is 2.06. The SMILES string of the molecule is Cc1cscc1NCCS(N)(=O)=O. The van der Waals surface area contributed by atoms with Crippen LogP contribution in [0.5, 0.6) is 0 Å². The number of thiophene rings is 1. The molecule has 0 radical (unpaired) electrons. The van der Waals surface area contributed by atoms with Gasteiger partial charge in [0.2, 0.25) is 10.0 Å². The average molecular weight is 220 g/mol. The molecule has 0 atom stereocenters. The molecule has 13 heavy (non-hydrogen) atoms. The summed E-state index contributed by atoms with van der Waals surface area (Å²) in [6.45, 7) is 2.33. The molecule has 1 heterocycles. The number of sulfonamides is 1. The Morgan fingerprint density at radius 1 is 1.54 bits per heavy atom. The predicted molar refractivity (Wildman–Crippen MR) is 55.5 cm³/mol. The van der Waals surface area contributed by atoms with Crippen molar-refractivity contribution in [1.82, 2.24) is 0 Å². The molecule has 0 fully saturated rings. The van der Waals surface area contributed by atoms with Gasteiger partial charge in [0.15, 0.2) is 0 Å². The fourth-order valence-electron chi connectivity index (χ4n) is 0.870. The number of hydrogen-bond donors (Lipinski definition) is 2. The van der Waals surface area contributed by atoms with Crippen molar-refractivity contribution in [3.8, 4) is 0 Å². The van der Waals surface area contributed by atoms with Gasteiger partial charge in [-0.2, -0.15) is 0 Å². The number of nitrogens with two attached hydrogens (primary N) is 1. The van der Waals surface area contributed by atoms with Crippen LogP contribution >= 0.6 is 11.3 Å². The van der Waals surface area contributed by atoms with Crippen LogP contribution in [-0.4, -0.2) is 20.7 Å². The van der Waals surface area contributed by atoms with Crippen LogP contribution < -0.4 is 10.5 Å². The van der Waals surface area contributed by atoms with E-state index in [4.69, 9.17) is 5.14 Å². The highest BCUT2D eigenvalue weighted by atomic mass is 32.2. The second-order valence-corrected chi connectivity index (χ2v) is 5.24. The molecule has 0 aliphatic carbocycles. The van der Waals surface area contributed by atoms with Gasteiger partial charge in [0.05, 0.1) is 5.75 Å². The van der Waals surface area contributed by atoms with E-state index in [2.05, 4.69) is 5.32 Å². The van der Waals surface area contributed by atoms with Gasteiger partial charge in [0.1, 0.15) is 0 Å². The van der Waals surface area contributed by atoms with Crippen LogP contribution in [0.15, 0.2) is 10.8 Å². The smallest absolute Gasteiger partial charge is 0.210 e. The van der Waals surface area contributed by atoms with Crippen molar-refractivity contribution in [3.63, 3.8) is 0 Å². The van der Waals surface area contributed by atoms with E-state index < -0.39 is 10.0 Å². The fraction of sp³-hybridized carbons (Fsp3) is 0.429. The molecule has 1 rings (SSSR count). The first-order valence-electron chi connectivity index (χ1n) is 3.76. The Morgan fingerprint density at radius 3 is 2.69 bits per heavy atom. The zero-order valence-corrected chi connectivity index (χ0v) is 8.91. The van der Waals surface area contributed by atoms with Gasteiger partial charge < -0.3 is 5.32 Å². The maximum absolute atomic E-state index is 10.6. The van der Waals surface area contributed by atoms with Crippen molar-refractivity contribution in [2.45, 2.75) is 6.92 Å².